The van der Waals surface area contributed by atoms with Crippen LogP contribution in [0.5, 0.6) is 5.75 Å². The second kappa shape index (κ2) is 12.3. The van der Waals surface area contributed by atoms with Crippen molar-refractivity contribution in [3.05, 3.63) is 101 Å². The van der Waals surface area contributed by atoms with Crippen LogP contribution in [-0.4, -0.2) is 43.3 Å². The molecule has 1 atom stereocenters. The highest BCUT2D eigenvalue weighted by atomic mass is 32.1. The molecule has 1 heterocycles. The van der Waals surface area contributed by atoms with Crippen molar-refractivity contribution in [2.24, 2.45) is 5.73 Å². The second-order valence-electron chi connectivity index (χ2n) is 9.08. The molecule has 11 heteroatoms. The van der Waals surface area contributed by atoms with Crippen LogP contribution in [0.2, 0.25) is 0 Å². The lowest BCUT2D eigenvalue weighted by Gasteiger charge is -2.32. The minimum Gasteiger partial charge on any atom is -0.495 e. The van der Waals surface area contributed by atoms with E-state index in [4.69, 9.17) is 16.2 Å². The summed E-state index contributed by atoms with van der Waals surface area (Å²) in [6.45, 7) is 0.244. The highest BCUT2D eigenvalue weighted by Gasteiger charge is 2.37. The lowest BCUT2D eigenvalue weighted by Crippen LogP contribution is -2.44. The first kappa shape index (κ1) is 28.1. The third kappa shape index (κ3) is 5.89. The van der Waals surface area contributed by atoms with Gasteiger partial charge in [-0.15, -0.1) is 0 Å². The predicted octanol–water partition coefficient (Wildman–Crippen LogP) is 3.60. The molecule has 206 valence electrons. The van der Waals surface area contributed by atoms with E-state index in [1.54, 1.807) is 36.4 Å². The topological polar surface area (TPSA) is 144 Å². The summed E-state index contributed by atoms with van der Waals surface area (Å²) in [4.78, 5) is 43.3. The minimum atomic E-state index is -1.14. The number of methoxy groups -OCH3 is 1. The number of carbonyl (C=O) groups is 3. The van der Waals surface area contributed by atoms with Crippen LogP contribution >= 0.6 is 11.5 Å². The molecule has 3 amide bonds. The summed E-state index contributed by atoms with van der Waals surface area (Å²) in [6, 6.07) is 22.5. The van der Waals surface area contributed by atoms with Gasteiger partial charge in [0.05, 0.1) is 18.5 Å². The third-order valence-electron chi connectivity index (χ3n) is 6.26. The van der Waals surface area contributed by atoms with Crippen molar-refractivity contribution in [2.45, 2.75) is 12.6 Å². The molecule has 0 aliphatic heterocycles. The Hall–Kier alpha value is -4.90. The smallest absolute Gasteiger partial charge is 0.273 e. The van der Waals surface area contributed by atoms with Gasteiger partial charge in [-0.3, -0.25) is 19.3 Å². The summed E-state index contributed by atoms with van der Waals surface area (Å²) in [7, 11) is 5.29. The highest BCUT2D eigenvalue weighted by Crippen LogP contribution is 2.38. The predicted molar refractivity (Wildman–Crippen MR) is 157 cm³/mol. The van der Waals surface area contributed by atoms with Gasteiger partial charge in [0.15, 0.2) is 5.69 Å². The highest BCUT2D eigenvalue weighted by molar-refractivity contribution is 7.09. The largest absolute Gasteiger partial charge is 0.495 e. The van der Waals surface area contributed by atoms with Crippen LogP contribution in [-0.2, 0) is 11.3 Å². The lowest BCUT2D eigenvalue weighted by atomic mass is 10.0. The number of rotatable bonds is 10. The Balaban J connectivity index is 1.87. The average Bonchev–Trinajstić information content (AvgIpc) is 3.36. The van der Waals surface area contributed by atoms with Crippen molar-refractivity contribution in [1.82, 2.24) is 9.69 Å². The molecule has 0 aliphatic rings. The van der Waals surface area contributed by atoms with E-state index >= 15 is 0 Å². The molecule has 4 aromatic rings. The first-order valence-electron chi connectivity index (χ1n) is 12.3. The van der Waals surface area contributed by atoms with Crippen molar-refractivity contribution in [1.29, 1.82) is 0 Å². The molecule has 5 N–H and O–H groups in total. The number of benzene rings is 3. The zero-order valence-corrected chi connectivity index (χ0v) is 23.1. The summed E-state index contributed by atoms with van der Waals surface area (Å²) in [5, 5.41) is 2.97. The van der Waals surface area contributed by atoms with Gasteiger partial charge in [0.2, 0.25) is 5.91 Å². The quantitative estimate of drug-likeness (QED) is 0.270. The minimum absolute atomic E-state index is 0.0227. The number of nitrogen functional groups attached to an aromatic ring is 1. The maximum atomic E-state index is 14.3. The molecule has 4 rings (SSSR count). The maximum Gasteiger partial charge on any atom is 0.273 e. The van der Waals surface area contributed by atoms with Crippen molar-refractivity contribution in [3.8, 4) is 5.75 Å². The first-order valence-corrected chi connectivity index (χ1v) is 13.1. The number of nitrogens with zero attached hydrogens (tertiary/aromatic N) is 3. The van der Waals surface area contributed by atoms with Gasteiger partial charge in [-0.2, -0.15) is 4.37 Å². The van der Waals surface area contributed by atoms with Crippen molar-refractivity contribution >= 4 is 46.3 Å². The summed E-state index contributed by atoms with van der Waals surface area (Å²) >= 11 is 0.744. The monoisotopic (exact) mass is 558 g/mol. The van der Waals surface area contributed by atoms with Crippen LogP contribution < -0.4 is 31.3 Å². The number of amides is 3. The summed E-state index contributed by atoms with van der Waals surface area (Å²) < 4.78 is 9.58. The van der Waals surface area contributed by atoms with Gasteiger partial charge in [0.1, 0.15) is 16.7 Å². The van der Waals surface area contributed by atoms with E-state index in [2.05, 4.69) is 9.69 Å². The van der Waals surface area contributed by atoms with Crippen molar-refractivity contribution < 1.29 is 19.1 Å². The van der Waals surface area contributed by atoms with Crippen LogP contribution in [0.1, 0.15) is 37.3 Å². The molecule has 0 radical (unpaired) electrons. The number of aromatic nitrogens is 1. The molecule has 3 aromatic carbocycles. The molecule has 0 saturated carbocycles. The maximum absolute atomic E-state index is 14.3. The number of nitrogens with one attached hydrogen (secondary N) is 1. The summed E-state index contributed by atoms with van der Waals surface area (Å²) in [5.41, 5.74) is 13.9. The van der Waals surface area contributed by atoms with Gasteiger partial charge in [0.25, 0.3) is 11.8 Å². The van der Waals surface area contributed by atoms with E-state index in [-0.39, 0.29) is 22.8 Å². The number of carbonyl (C=O) groups excluding carboxylic acids is 3. The van der Waals surface area contributed by atoms with E-state index in [0.717, 1.165) is 22.8 Å². The van der Waals surface area contributed by atoms with Gasteiger partial charge in [-0.1, -0.05) is 54.6 Å². The molecule has 40 heavy (non-hydrogen) atoms. The van der Waals surface area contributed by atoms with Crippen molar-refractivity contribution in [2.75, 3.05) is 36.7 Å². The number of para-hydroxylation sites is 2. The normalized spacial score (nSPS) is 11.4. The third-order valence-corrected chi connectivity index (χ3v) is 7.11. The van der Waals surface area contributed by atoms with Crippen molar-refractivity contribution in [3.63, 3.8) is 0 Å². The van der Waals surface area contributed by atoms with E-state index in [1.165, 1.54) is 12.0 Å². The molecular formula is C29H30N6O4S. The van der Waals surface area contributed by atoms with Gasteiger partial charge in [-0.25, -0.2) is 0 Å². The van der Waals surface area contributed by atoms with Crippen LogP contribution in [0.4, 0.5) is 17.1 Å². The lowest BCUT2D eigenvalue weighted by molar-refractivity contribution is -0.122. The van der Waals surface area contributed by atoms with Gasteiger partial charge >= 0.3 is 0 Å². The molecular weight excluding hydrogens is 528 g/mol. The Morgan fingerprint density at radius 2 is 1.62 bits per heavy atom. The second-order valence-corrected chi connectivity index (χ2v) is 9.85. The van der Waals surface area contributed by atoms with E-state index < -0.39 is 23.8 Å². The fraction of sp³-hybridized carbons (Fsp3) is 0.172. The summed E-state index contributed by atoms with van der Waals surface area (Å²) in [6.07, 6.45) is 0. The number of hydrogen-bond donors (Lipinski definition) is 3. The Morgan fingerprint density at radius 1 is 0.975 bits per heavy atom. The fourth-order valence-corrected chi connectivity index (χ4v) is 4.93. The van der Waals surface area contributed by atoms with Crippen LogP contribution in [0.3, 0.4) is 0 Å². The van der Waals surface area contributed by atoms with Gasteiger partial charge in [0, 0.05) is 26.3 Å². The molecule has 0 spiro atoms. The Morgan fingerprint density at radius 3 is 2.23 bits per heavy atom. The first-order chi connectivity index (χ1) is 19.2. The average molecular weight is 559 g/mol. The SMILES string of the molecule is COc1ccccc1N(C(=O)c1snc(C(N)=O)c1N)[C@@H](C(=O)NCc1ccccc1)c1ccc(N(C)C)cc1. The number of nitrogens with two attached hydrogens (primary N) is 2. The van der Waals surface area contributed by atoms with Gasteiger partial charge < -0.3 is 26.4 Å². The number of ether oxygens (including phenoxy) is 1. The zero-order chi connectivity index (χ0) is 28.8. The summed E-state index contributed by atoms with van der Waals surface area (Å²) in [5.74, 6) is -1.56. The Bertz CT molecular complexity index is 1500. The molecule has 1 aromatic heterocycles. The van der Waals surface area contributed by atoms with Crippen LogP contribution in [0.25, 0.3) is 0 Å². The standard InChI is InChI=1S/C29H30N6O4S/c1-34(2)20-15-13-19(14-16-20)25(28(37)32-17-18-9-5-4-6-10-18)35(21-11-7-8-12-22(21)39-3)29(38)26-23(30)24(27(31)36)33-40-26/h4-16,25H,17,30H2,1-3H3,(H2,31,36)(H,32,37)/t25-/m1/s1. The number of primary amides is 1. The zero-order valence-electron chi connectivity index (χ0n) is 22.3. The Kier molecular flexibility index (Phi) is 8.65. The number of anilines is 3. The van der Waals surface area contributed by atoms with Crippen LogP contribution in [0.15, 0.2) is 78.9 Å². The Labute approximate surface area is 236 Å². The molecule has 0 fully saturated rings. The van der Waals surface area contributed by atoms with Crippen LogP contribution in [0, 0.1) is 0 Å². The molecule has 10 nitrogen and oxygen atoms in total. The van der Waals surface area contributed by atoms with Gasteiger partial charge in [-0.05, 0) is 46.9 Å². The molecule has 0 bridgehead atoms. The molecule has 0 aliphatic carbocycles. The molecule has 0 saturated heterocycles. The molecule has 0 unspecified atom stereocenters. The van der Waals surface area contributed by atoms with E-state index in [9.17, 15) is 14.4 Å². The van der Waals surface area contributed by atoms with E-state index in [1.807, 2.05) is 61.5 Å². The van der Waals surface area contributed by atoms with E-state index in [0.29, 0.717) is 17.0 Å². The number of hydrogen-bond acceptors (Lipinski definition) is 8. The fourth-order valence-electron chi connectivity index (χ4n) is 4.19.